The first-order valence-corrected chi connectivity index (χ1v) is 6.67. The highest BCUT2D eigenvalue weighted by molar-refractivity contribution is 5.70. The molecule has 0 aliphatic carbocycles. The van der Waals surface area contributed by atoms with E-state index in [4.69, 9.17) is 10.5 Å². The molecule has 22 heavy (non-hydrogen) atoms. The summed E-state index contributed by atoms with van der Waals surface area (Å²) in [4.78, 5) is 15.5. The first kappa shape index (κ1) is 14.4. The number of aliphatic hydroxyl groups is 1. The molecule has 2 heterocycles. The summed E-state index contributed by atoms with van der Waals surface area (Å²) in [5.74, 6) is -0.222. The van der Waals surface area contributed by atoms with Gasteiger partial charge in [0, 0.05) is 6.20 Å². The number of nitrogens with two attached hydrogens (primary N) is 1. The van der Waals surface area contributed by atoms with Crippen molar-refractivity contribution in [2.75, 3.05) is 12.3 Å². The molecule has 2 aromatic rings. The monoisotopic (exact) mass is 303 g/mol. The van der Waals surface area contributed by atoms with E-state index >= 15 is 0 Å². The number of hydrogen-bond acceptors (Lipinski definition) is 5. The summed E-state index contributed by atoms with van der Waals surface area (Å²) in [6.45, 7) is -0.253. The fraction of sp³-hybridized carbons (Fsp3) is 0.200. The van der Waals surface area contributed by atoms with E-state index in [1.165, 1.54) is 29.0 Å². The van der Waals surface area contributed by atoms with Crippen molar-refractivity contribution in [3.8, 4) is 0 Å². The molecule has 6 nitrogen and oxygen atoms in total. The zero-order chi connectivity index (χ0) is 15.7. The summed E-state index contributed by atoms with van der Waals surface area (Å²) in [7, 11) is 0. The highest BCUT2D eigenvalue weighted by atomic mass is 19.1. The Morgan fingerprint density at radius 3 is 2.68 bits per heavy atom. The van der Waals surface area contributed by atoms with Crippen LogP contribution in [0.25, 0.3) is 5.57 Å². The molecule has 1 aliphatic rings. The second kappa shape index (κ2) is 5.70. The smallest absolute Gasteiger partial charge is 0.351 e. The van der Waals surface area contributed by atoms with Crippen LogP contribution < -0.4 is 11.4 Å². The van der Waals surface area contributed by atoms with Gasteiger partial charge < -0.3 is 15.6 Å². The summed E-state index contributed by atoms with van der Waals surface area (Å²) in [5, 5.41) is 9.47. The van der Waals surface area contributed by atoms with Crippen LogP contribution in [0, 0.1) is 5.82 Å². The van der Waals surface area contributed by atoms with Crippen molar-refractivity contribution in [2.45, 2.75) is 12.3 Å². The van der Waals surface area contributed by atoms with Gasteiger partial charge in [0.05, 0.1) is 6.61 Å². The van der Waals surface area contributed by atoms with Gasteiger partial charge in [-0.2, -0.15) is 4.98 Å². The molecule has 0 amide bonds. The van der Waals surface area contributed by atoms with Crippen LogP contribution in [0.3, 0.4) is 0 Å². The number of hydrogen-bond donors (Lipinski definition) is 2. The Hall–Kier alpha value is -2.51. The zero-order valence-corrected chi connectivity index (χ0v) is 11.5. The van der Waals surface area contributed by atoms with E-state index in [-0.39, 0.29) is 18.2 Å². The van der Waals surface area contributed by atoms with Gasteiger partial charge in [-0.05, 0) is 35.4 Å². The number of anilines is 1. The molecule has 1 aromatic heterocycles. The van der Waals surface area contributed by atoms with Crippen molar-refractivity contribution in [1.29, 1.82) is 0 Å². The van der Waals surface area contributed by atoms with Gasteiger partial charge in [-0.15, -0.1) is 0 Å². The largest absolute Gasteiger partial charge is 0.393 e. The molecule has 114 valence electrons. The van der Waals surface area contributed by atoms with Gasteiger partial charge in [0.15, 0.2) is 6.23 Å². The lowest BCUT2D eigenvalue weighted by Crippen LogP contribution is -2.28. The number of benzene rings is 1. The van der Waals surface area contributed by atoms with Crippen molar-refractivity contribution in [1.82, 2.24) is 9.55 Å². The fourth-order valence-electron chi connectivity index (χ4n) is 2.37. The van der Waals surface area contributed by atoms with E-state index in [2.05, 4.69) is 4.98 Å². The highest BCUT2D eigenvalue weighted by Crippen LogP contribution is 2.33. The van der Waals surface area contributed by atoms with Crippen LogP contribution in [0.15, 0.2) is 47.4 Å². The van der Waals surface area contributed by atoms with Crippen LogP contribution in [0.2, 0.25) is 0 Å². The second-order valence-electron chi connectivity index (χ2n) is 4.87. The summed E-state index contributed by atoms with van der Waals surface area (Å²) < 4.78 is 20.0. The highest BCUT2D eigenvalue weighted by Gasteiger charge is 2.29. The van der Waals surface area contributed by atoms with Gasteiger partial charge in [-0.25, -0.2) is 9.18 Å². The lowest BCUT2D eigenvalue weighted by molar-refractivity contribution is -0.00713. The lowest BCUT2D eigenvalue weighted by Gasteiger charge is -2.15. The second-order valence-corrected chi connectivity index (χ2v) is 4.87. The van der Waals surface area contributed by atoms with Crippen LogP contribution in [0.5, 0.6) is 0 Å². The third kappa shape index (κ3) is 2.63. The minimum absolute atomic E-state index is 0.126. The number of halogens is 1. The standard InChI is InChI=1S/C15H14FN3O3/c16-10-3-1-9(2-4-10)11-7-14(22-12(11)8-20)19-6-5-13(17)18-15(19)21/h1-7,12,14,20H,8H2,(H2,17,18,21)/t12-,14-/m1/s1. The average molecular weight is 303 g/mol. The summed E-state index contributed by atoms with van der Waals surface area (Å²) in [6.07, 6.45) is 1.89. The molecule has 3 N–H and O–H groups in total. The molecule has 2 atom stereocenters. The minimum atomic E-state index is -0.696. The molecule has 7 heteroatoms. The van der Waals surface area contributed by atoms with Crippen molar-refractivity contribution in [3.05, 3.63) is 64.5 Å². The Kier molecular flexibility index (Phi) is 3.74. The number of nitrogen functional groups attached to an aromatic ring is 1. The number of nitrogens with zero attached hydrogens (tertiary/aromatic N) is 2. The lowest BCUT2D eigenvalue weighted by atomic mass is 10.0. The molecule has 0 fully saturated rings. The van der Waals surface area contributed by atoms with Gasteiger partial charge in [0.2, 0.25) is 0 Å². The Morgan fingerprint density at radius 2 is 2.05 bits per heavy atom. The van der Waals surface area contributed by atoms with Crippen LogP contribution in [0.1, 0.15) is 11.8 Å². The topological polar surface area (TPSA) is 90.4 Å². The number of aromatic nitrogens is 2. The predicted molar refractivity (Wildman–Crippen MR) is 78.3 cm³/mol. The number of aliphatic hydroxyl groups excluding tert-OH is 1. The van der Waals surface area contributed by atoms with Crippen LogP contribution in [-0.2, 0) is 4.74 Å². The molecular weight excluding hydrogens is 289 g/mol. The molecular formula is C15H14FN3O3. The Balaban J connectivity index is 1.98. The summed E-state index contributed by atoms with van der Waals surface area (Å²) in [6, 6.07) is 7.34. The predicted octanol–water partition coefficient (Wildman–Crippen LogP) is 0.938. The first-order valence-electron chi connectivity index (χ1n) is 6.67. The van der Waals surface area contributed by atoms with Crippen LogP contribution >= 0.6 is 0 Å². The maximum atomic E-state index is 13.0. The van der Waals surface area contributed by atoms with Crippen LogP contribution in [-0.4, -0.2) is 27.4 Å². The third-order valence-electron chi connectivity index (χ3n) is 3.44. The van der Waals surface area contributed by atoms with E-state index in [0.29, 0.717) is 5.57 Å². The zero-order valence-electron chi connectivity index (χ0n) is 11.5. The van der Waals surface area contributed by atoms with Gasteiger partial charge in [0.1, 0.15) is 17.7 Å². The van der Waals surface area contributed by atoms with Crippen molar-refractivity contribution in [3.63, 3.8) is 0 Å². The number of rotatable bonds is 3. The molecule has 1 aliphatic heterocycles. The maximum absolute atomic E-state index is 13.0. The molecule has 0 saturated carbocycles. The van der Waals surface area contributed by atoms with E-state index in [1.807, 2.05) is 0 Å². The van der Waals surface area contributed by atoms with E-state index < -0.39 is 18.0 Å². The van der Waals surface area contributed by atoms with E-state index in [1.54, 1.807) is 18.2 Å². The fourth-order valence-corrected chi connectivity index (χ4v) is 2.37. The molecule has 0 bridgehead atoms. The molecule has 0 unspecified atom stereocenters. The van der Waals surface area contributed by atoms with Gasteiger partial charge >= 0.3 is 5.69 Å². The SMILES string of the molecule is Nc1ccn([C@H]2C=C(c3ccc(F)cc3)[C@@H](CO)O2)c(=O)n1. The maximum Gasteiger partial charge on any atom is 0.351 e. The van der Waals surface area contributed by atoms with Crippen molar-refractivity contribution in [2.24, 2.45) is 0 Å². The molecule has 0 saturated heterocycles. The van der Waals surface area contributed by atoms with Crippen molar-refractivity contribution >= 4 is 11.4 Å². The average Bonchev–Trinajstić information content (AvgIpc) is 2.92. The quantitative estimate of drug-likeness (QED) is 0.880. The Bertz CT molecular complexity index is 770. The van der Waals surface area contributed by atoms with Gasteiger partial charge in [-0.3, -0.25) is 4.57 Å². The van der Waals surface area contributed by atoms with Crippen LogP contribution in [0.4, 0.5) is 10.2 Å². The Labute approximate surface area is 125 Å². The molecule has 1 aromatic carbocycles. The third-order valence-corrected chi connectivity index (χ3v) is 3.44. The molecule has 3 rings (SSSR count). The van der Waals surface area contributed by atoms with Gasteiger partial charge in [-0.1, -0.05) is 12.1 Å². The summed E-state index contributed by atoms with van der Waals surface area (Å²) >= 11 is 0. The normalized spacial score (nSPS) is 20.9. The first-order chi connectivity index (χ1) is 10.6. The minimum Gasteiger partial charge on any atom is -0.393 e. The number of ether oxygens (including phenoxy) is 1. The van der Waals surface area contributed by atoms with Crippen molar-refractivity contribution < 1.29 is 14.2 Å². The van der Waals surface area contributed by atoms with Gasteiger partial charge in [0.25, 0.3) is 0 Å². The van der Waals surface area contributed by atoms with E-state index in [0.717, 1.165) is 5.56 Å². The molecule has 0 radical (unpaired) electrons. The van der Waals surface area contributed by atoms with E-state index in [9.17, 15) is 14.3 Å². The molecule has 0 spiro atoms. The Morgan fingerprint density at radius 1 is 1.32 bits per heavy atom. The summed E-state index contributed by atoms with van der Waals surface area (Å²) in [5.41, 5.74) is 6.33.